The van der Waals surface area contributed by atoms with Crippen molar-refractivity contribution in [2.24, 2.45) is 5.92 Å². The van der Waals surface area contributed by atoms with Gasteiger partial charge in [0.2, 0.25) is 0 Å². The largest absolute Gasteiger partial charge is 0.334 e. The Labute approximate surface area is 167 Å². The van der Waals surface area contributed by atoms with Crippen molar-refractivity contribution in [3.05, 3.63) is 71.3 Å². The zero-order valence-electron chi connectivity index (χ0n) is 16.3. The molecule has 0 radical (unpaired) electrons. The summed E-state index contributed by atoms with van der Waals surface area (Å²) in [5.74, 6) is 0.636. The van der Waals surface area contributed by atoms with Crippen molar-refractivity contribution in [1.29, 1.82) is 5.26 Å². The lowest BCUT2D eigenvalue weighted by atomic mass is 9.94. The molecule has 4 heteroatoms. The highest BCUT2D eigenvalue weighted by Crippen LogP contribution is 2.29. The minimum atomic E-state index is 0.0814. The zero-order valence-corrected chi connectivity index (χ0v) is 16.3. The SMILES string of the molecule is N#Cc1cccc(C(=O)N2C[C@H]3CC[C@@H]2CN(CCCc2ccccc2)C3)c1. The number of rotatable bonds is 5. The predicted octanol–water partition coefficient (Wildman–Crippen LogP) is 3.73. The fourth-order valence-corrected chi connectivity index (χ4v) is 4.65. The quantitative estimate of drug-likeness (QED) is 0.802. The van der Waals surface area contributed by atoms with Crippen LogP contribution >= 0.6 is 0 Å². The molecule has 28 heavy (non-hydrogen) atoms. The molecule has 0 saturated carbocycles. The first-order valence-corrected chi connectivity index (χ1v) is 10.3. The normalized spacial score (nSPS) is 21.9. The van der Waals surface area contributed by atoms with Crippen molar-refractivity contribution < 1.29 is 4.79 Å². The average molecular weight is 374 g/mol. The number of piperidine rings is 1. The molecule has 2 bridgehead atoms. The van der Waals surface area contributed by atoms with Gasteiger partial charge in [-0.25, -0.2) is 0 Å². The number of carbonyl (C=O) groups is 1. The van der Waals surface area contributed by atoms with Crippen LogP contribution in [0, 0.1) is 17.2 Å². The number of nitrogens with zero attached hydrogens (tertiary/aromatic N) is 3. The molecular formula is C24H27N3O. The van der Waals surface area contributed by atoms with E-state index in [9.17, 15) is 4.79 Å². The summed E-state index contributed by atoms with van der Waals surface area (Å²) >= 11 is 0. The molecule has 3 heterocycles. The number of hydrogen-bond donors (Lipinski definition) is 0. The van der Waals surface area contributed by atoms with Gasteiger partial charge in [0.15, 0.2) is 0 Å². The standard InChI is InChI=1S/C24H27N3O/c25-15-20-8-4-10-22(14-20)24(28)27-17-21-11-12-23(27)18-26(16-21)13-5-9-19-6-2-1-3-7-19/h1-4,6-8,10,14,21,23H,5,9,11-13,16-18H2/t21-,23+/m0/s1. The van der Waals surface area contributed by atoms with Crippen LogP contribution in [0.2, 0.25) is 0 Å². The number of hydrogen-bond acceptors (Lipinski definition) is 3. The molecule has 2 atom stereocenters. The molecule has 0 N–H and O–H groups in total. The highest BCUT2D eigenvalue weighted by atomic mass is 16.2. The molecular weight excluding hydrogens is 346 g/mol. The van der Waals surface area contributed by atoms with E-state index in [2.05, 4.69) is 46.2 Å². The third-order valence-corrected chi connectivity index (χ3v) is 6.07. The van der Waals surface area contributed by atoms with E-state index in [1.807, 2.05) is 6.07 Å². The van der Waals surface area contributed by atoms with Gasteiger partial charge < -0.3 is 9.80 Å². The van der Waals surface area contributed by atoms with Gasteiger partial charge in [0.1, 0.15) is 0 Å². The lowest BCUT2D eigenvalue weighted by Crippen LogP contribution is -2.47. The van der Waals surface area contributed by atoms with Crippen LogP contribution in [-0.4, -0.2) is 47.9 Å². The molecule has 3 aliphatic rings. The molecule has 3 aliphatic heterocycles. The van der Waals surface area contributed by atoms with Gasteiger partial charge in [0, 0.05) is 31.2 Å². The number of carbonyl (C=O) groups excluding carboxylic acids is 1. The summed E-state index contributed by atoms with van der Waals surface area (Å²) in [6.45, 7) is 3.99. The number of benzene rings is 2. The molecule has 0 unspecified atom stereocenters. The second kappa shape index (κ2) is 8.58. The second-order valence-corrected chi connectivity index (χ2v) is 8.10. The monoisotopic (exact) mass is 373 g/mol. The number of aryl methyl sites for hydroxylation is 1. The minimum absolute atomic E-state index is 0.0814. The summed E-state index contributed by atoms with van der Waals surface area (Å²) in [5.41, 5.74) is 2.59. The van der Waals surface area contributed by atoms with Crippen LogP contribution in [0.4, 0.5) is 0 Å². The van der Waals surface area contributed by atoms with Crippen LogP contribution < -0.4 is 0 Å². The van der Waals surface area contributed by atoms with E-state index in [0.29, 0.717) is 17.0 Å². The third kappa shape index (κ3) is 4.26. The number of fused-ring (bicyclic) bond motifs is 4. The minimum Gasteiger partial charge on any atom is -0.334 e. The summed E-state index contributed by atoms with van der Waals surface area (Å²) < 4.78 is 0. The molecule has 3 fully saturated rings. The van der Waals surface area contributed by atoms with Crippen molar-refractivity contribution in [3.63, 3.8) is 0 Å². The molecule has 4 nitrogen and oxygen atoms in total. The fraction of sp³-hybridized carbons (Fsp3) is 0.417. The Balaban J connectivity index is 1.39. The molecule has 1 amide bonds. The van der Waals surface area contributed by atoms with Gasteiger partial charge in [-0.15, -0.1) is 0 Å². The predicted molar refractivity (Wildman–Crippen MR) is 110 cm³/mol. The summed E-state index contributed by atoms with van der Waals surface area (Å²) in [7, 11) is 0. The van der Waals surface area contributed by atoms with Gasteiger partial charge in [-0.3, -0.25) is 4.79 Å². The lowest BCUT2D eigenvalue weighted by molar-refractivity contribution is 0.0585. The smallest absolute Gasteiger partial charge is 0.254 e. The Morgan fingerprint density at radius 1 is 1.04 bits per heavy atom. The average Bonchev–Trinajstić information content (AvgIpc) is 3.05. The van der Waals surface area contributed by atoms with E-state index in [1.165, 1.54) is 12.0 Å². The second-order valence-electron chi connectivity index (χ2n) is 8.10. The molecule has 2 aromatic rings. The first-order valence-electron chi connectivity index (χ1n) is 10.3. The van der Waals surface area contributed by atoms with Crippen molar-refractivity contribution >= 4 is 5.91 Å². The van der Waals surface area contributed by atoms with Crippen LogP contribution in [0.15, 0.2) is 54.6 Å². The summed E-state index contributed by atoms with van der Waals surface area (Å²) in [6.07, 6.45) is 4.56. The van der Waals surface area contributed by atoms with Crippen molar-refractivity contribution in [1.82, 2.24) is 9.80 Å². The van der Waals surface area contributed by atoms with E-state index in [4.69, 9.17) is 5.26 Å². The first kappa shape index (κ1) is 18.7. The van der Waals surface area contributed by atoms with E-state index >= 15 is 0 Å². The molecule has 0 spiro atoms. The van der Waals surface area contributed by atoms with Gasteiger partial charge in [-0.2, -0.15) is 5.26 Å². The van der Waals surface area contributed by atoms with Gasteiger partial charge in [0.25, 0.3) is 5.91 Å². The number of amides is 1. The van der Waals surface area contributed by atoms with Crippen LogP contribution in [0.3, 0.4) is 0 Å². The van der Waals surface area contributed by atoms with Crippen LogP contribution in [0.5, 0.6) is 0 Å². The van der Waals surface area contributed by atoms with Gasteiger partial charge in [-0.05, 0) is 61.9 Å². The van der Waals surface area contributed by atoms with Gasteiger partial charge >= 0.3 is 0 Å². The van der Waals surface area contributed by atoms with Crippen molar-refractivity contribution in [2.75, 3.05) is 26.2 Å². The first-order chi connectivity index (χ1) is 13.7. The maximum absolute atomic E-state index is 13.1. The Morgan fingerprint density at radius 3 is 2.71 bits per heavy atom. The van der Waals surface area contributed by atoms with E-state index in [0.717, 1.165) is 45.4 Å². The Hall–Kier alpha value is -2.64. The molecule has 144 valence electrons. The number of nitriles is 1. The van der Waals surface area contributed by atoms with E-state index in [1.54, 1.807) is 18.2 Å². The molecule has 5 rings (SSSR count). The topological polar surface area (TPSA) is 47.3 Å². The van der Waals surface area contributed by atoms with Crippen LogP contribution in [0.25, 0.3) is 0 Å². The maximum Gasteiger partial charge on any atom is 0.254 e. The zero-order chi connectivity index (χ0) is 19.3. The maximum atomic E-state index is 13.1. The Morgan fingerprint density at radius 2 is 1.89 bits per heavy atom. The summed E-state index contributed by atoms with van der Waals surface area (Å²) in [4.78, 5) is 17.7. The summed E-state index contributed by atoms with van der Waals surface area (Å²) in [5, 5.41) is 9.12. The van der Waals surface area contributed by atoms with E-state index < -0.39 is 0 Å². The fourth-order valence-electron chi connectivity index (χ4n) is 4.65. The lowest BCUT2D eigenvalue weighted by Gasteiger charge is -2.36. The Kier molecular flexibility index (Phi) is 5.73. The molecule has 0 aliphatic carbocycles. The van der Waals surface area contributed by atoms with Gasteiger partial charge in [-0.1, -0.05) is 36.4 Å². The summed E-state index contributed by atoms with van der Waals surface area (Å²) in [6, 6.07) is 20.2. The van der Waals surface area contributed by atoms with Crippen LogP contribution in [-0.2, 0) is 6.42 Å². The highest BCUT2D eigenvalue weighted by molar-refractivity contribution is 5.95. The molecule has 0 aromatic heterocycles. The highest BCUT2D eigenvalue weighted by Gasteiger charge is 2.37. The third-order valence-electron chi connectivity index (χ3n) is 6.07. The van der Waals surface area contributed by atoms with Crippen LogP contribution in [0.1, 0.15) is 40.7 Å². The molecule has 2 aromatic carbocycles. The van der Waals surface area contributed by atoms with E-state index in [-0.39, 0.29) is 11.9 Å². The van der Waals surface area contributed by atoms with Crippen molar-refractivity contribution in [2.45, 2.75) is 31.7 Å². The molecule has 3 saturated heterocycles. The van der Waals surface area contributed by atoms with Crippen molar-refractivity contribution in [3.8, 4) is 6.07 Å². The van der Waals surface area contributed by atoms with Gasteiger partial charge in [0.05, 0.1) is 11.6 Å². The Bertz CT molecular complexity index is 858.